The molecule has 7 nitrogen and oxygen atoms in total. The van der Waals surface area contributed by atoms with E-state index < -0.39 is 12.1 Å². The van der Waals surface area contributed by atoms with Crippen molar-refractivity contribution < 1.29 is 19.5 Å². The number of carbonyl (C=O) groups is 2. The van der Waals surface area contributed by atoms with Gasteiger partial charge in [-0.1, -0.05) is 5.16 Å². The number of nitrogens with zero attached hydrogens (tertiary/aromatic N) is 2. The molecule has 2 rings (SSSR count). The van der Waals surface area contributed by atoms with E-state index in [9.17, 15) is 9.59 Å². The number of carboxylic acid groups (broad SMARTS) is 1. The van der Waals surface area contributed by atoms with Crippen molar-refractivity contribution in [2.75, 3.05) is 0 Å². The molecule has 96 valence electrons. The number of carbonyl (C=O) groups excluding carboxylic acids is 1. The number of oxime groups is 1. The fraction of sp³-hybridized carbons (Fsp3) is 0.400. The molecule has 1 atom stereocenters. The highest BCUT2D eigenvalue weighted by Gasteiger charge is 2.31. The number of rotatable bonds is 4. The van der Waals surface area contributed by atoms with Gasteiger partial charge >= 0.3 is 5.97 Å². The molecule has 2 heterocycles. The first-order chi connectivity index (χ1) is 8.56. The van der Waals surface area contributed by atoms with E-state index in [2.05, 4.69) is 15.5 Å². The zero-order chi connectivity index (χ0) is 13.1. The minimum Gasteiger partial charge on any atom is -0.477 e. The van der Waals surface area contributed by atoms with Crippen LogP contribution in [-0.4, -0.2) is 33.8 Å². The molecule has 0 aliphatic carbocycles. The van der Waals surface area contributed by atoms with Crippen LogP contribution in [0, 0.1) is 6.92 Å². The lowest BCUT2D eigenvalue weighted by Gasteiger charge is -2.07. The Hall–Kier alpha value is -1.96. The standard InChI is InChI=1S/C10H11N3O4S/c1-5-11-3-6(18-5)4-12-9(14)8-2-7(10(15)16)13-17-8/h3,8H,2,4H2,1H3,(H,12,14)(H,15,16). The van der Waals surface area contributed by atoms with Gasteiger partial charge in [0.2, 0.25) is 6.10 Å². The predicted molar refractivity (Wildman–Crippen MR) is 63.3 cm³/mol. The lowest BCUT2D eigenvalue weighted by molar-refractivity contribution is -0.131. The van der Waals surface area contributed by atoms with Crippen LogP contribution in [-0.2, 0) is 21.0 Å². The molecule has 1 aromatic heterocycles. The van der Waals surface area contributed by atoms with Gasteiger partial charge in [-0.25, -0.2) is 9.78 Å². The smallest absolute Gasteiger partial charge is 0.353 e. The predicted octanol–water partition coefficient (Wildman–Crippen LogP) is 0.297. The number of carboxylic acids is 1. The lowest BCUT2D eigenvalue weighted by Crippen LogP contribution is -2.34. The number of hydrogen-bond acceptors (Lipinski definition) is 6. The molecule has 1 amide bonds. The van der Waals surface area contributed by atoms with Gasteiger partial charge in [-0.15, -0.1) is 11.3 Å². The van der Waals surface area contributed by atoms with Gasteiger partial charge in [0.25, 0.3) is 5.91 Å². The quantitative estimate of drug-likeness (QED) is 0.818. The third-order valence-corrected chi connectivity index (χ3v) is 3.23. The van der Waals surface area contributed by atoms with Crippen molar-refractivity contribution >= 4 is 28.9 Å². The zero-order valence-electron chi connectivity index (χ0n) is 9.54. The number of thiazole rings is 1. The summed E-state index contributed by atoms with van der Waals surface area (Å²) in [5, 5.41) is 15.6. The average Bonchev–Trinajstić information content (AvgIpc) is 2.94. The van der Waals surface area contributed by atoms with Crippen molar-refractivity contribution in [1.82, 2.24) is 10.3 Å². The second kappa shape index (κ2) is 5.13. The van der Waals surface area contributed by atoms with E-state index in [0.717, 1.165) is 9.88 Å². The van der Waals surface area contributed by atoms with Crippen LogP contribution < -0.4 is 5.32 Å². The Bertz CT molecular complexity index is 511. The summed E-state index contributed by atoms with van der Waals surface area (Å²) in [4.78, 5) is 32.0. The lowest BCUT2D eigenvalue weighted by atomic mass is 10.2. The van der Waals surface area contributed by atoms with Crippen molar-refractivity contribution in [3.8, 4) is 0 Å². The first kappa shape index (κ1) is 12.5. The molecular weight excluding hydrogens is 258 g/mol. The number of hydrogen-bond donors (Lipinski definition) is 2. The van der Waals surface area contributed by atoms with Crippen molar-refractivity contribution in [2.45, 2.75) is 26.0 Å². The minimum absolute atomic E-state index is 0.0110. The van der Waals surface area contributed by atoms with Crippen molar-refractivity contribution in [2.24, 2.45) is 5.16 Å². The van der Waals surface area contributed by atoms with Crippen LogP contribution in [0.5, 0.6) is 0 Å². The normalized spacial score (nSPS) is 18.1. The molecule has 0 bridgehead atoms. The Kier molecular flexibility index (Phi) is 3.56. The SMILES string of the molecule is Cc1ncc(CNC(=O)C2CC(C(=O)O)=NO2)s1. The molecular formula is C10H11N3O4S. The van der Waals surface area contributed by atoms with Gasteiger partial charge in [-0.2, -0.15) is 0 Å². The number of amides is 1. The molecule has 2 N–H and O–H groups in total. The van der Waals surface area contributed by atoms with E-state index in [4.69, 9.17) is 9.94 Å². The van der Waals surface area contributed by atoms with Gasteiger partial charge in [-0.05, 0) is 6.92 Å². The van der Waals surface area contributed by atoms with E-state index in [1.54, 1.807) is 6.20 Å². The van der Waals surface area contributed by atoms with Crippen molar-refractivity contribution in [3.05, 3.63) is 16.1 Å². The summed E-state index contributed by atoms with van der Waals surface area (Å²) in [6.07, 6.45) is 0.822. The van der Waals surface area contributed by atoms with Crippen LogP contribution in [0.3, 0.4) is 0 Å². The molecule has 0 fully saturated rings. The summed E-state index contributed by atoms with van der Waals surface area (Å²) >= 11 is 1.49. The van der Waals surface area contributed by atoms with E-state index in [-0.39, 0.29) is 18.0 Å². The molecule has 1 aliphatic rings. The van der Waals surface area contributed by atoms with Gasteiger partial charge in [0, 0.05) is 17.5 Å². The van der Waals surface area contributed by atoms with Crippen LogP contribution in [0.4, 0.5) is 0 Å². The molecule has 1 aliphatic heterocycles. The monoisotopic (exact) mass is 269 g/mol. The molecule has 0 saturated heterocycles. The average molecular weight is 269 g/mol. The zero-order valence-corrected chi connectivity index (χ0v) is 10.4. The number of aryl methyl sites for hydroxylation is 1. The topological polar surface area (TPSA) is 101 Å². The molecule has 1 aromatic rings. The highest BCUT2D eigenvalue weighted by atomic mass is 32.1. The highest BCUT2D eigenvalue weighted by Crippen LogP contribution is 2.13. The Morgan fingerprint density at radius 3 is 3.00 bits per heavy atom. The summed E-state index contributed by atoms with van der Waals surface area (Å²) in [5.41, 5.74) is -0.135. The number of aromatic nitrogens is 1. The minimum atomic E-state index is -1.16. The Balaban J connectivity index is 1.82. The van der Waals surface area contributed by atoms with Gasteiger partial charge in [0.1, 0.15) is 0 Å². The summed E-state index contributed by atoms with van der Waals surface area (Å²) < 4.78 is 0. The number of aliphatic carboxylic acids is 1. The second-order valence-corrected chi connectivity index (χ2v) is 5.02. The molecule has 0 spiro atoms. The molecule has 0 radical (unpaired) electrons. The molecule has 8 heteroatoms. The fourth-order valence-corrected chi connectivity index (χ4v) is 2.15. The van der Waals surface area contributed by atoms with Gasteiger partial charge < -0.3 is 15.3 Å². The van der Waals surface area contributed by atoms with Crippen molar-refractivity contribution in [3.63, 3.8) is 0 Å². The largest absolute Gasteiger partial charge is 0.477 e. The van der Waals surface area contributed by atoms with E-state index in [0.29, 0.717) is 6.54 Å². The molecule has 0 aromatic carbocycles. The van der Waals surface area contributed by atoms with Crippen molar-refractivity contribution in [1.29, 1.82) is 0 Å². The Morgan fingerprint density at radius 1 is 1.67 bits per heavy atom. The van der Waals surface area contributed by atoms with E-state index in [1.165, 1.54) is 11.3 Å². The maximum Gasteiger partial charge on any atom is 0.353 e. The van der Waals surface area contributed by atoms with Gasteiger partial charge in [0.15, 0.2) is 5.71 Å². The maximum atomic E-state index is 11.7. The fourth-order valence-electron chi connectivity index (χ4n) is 1.42. The molecule has 1 unspecified atom stereocenters. The second-order valence-electron chi connectivity index (χ2n) is 3.70. The van der Waals surface area contributed by atoms with Crippen LogP contribution in [0.1, 0.15) is 16.3 Å². The molecule has 18 heavy (non-hydrogen) atoms. The Morgan fingerprint density at radius 2 is 2.44 bits per heavy atom. The summed E-state index contributed by atoms with van der Waals surface area (Å²) in [6.45, 7) is 2.23. The summed E-state index contributed by atoms with van der Waals surface area (Å²) in [7, 11) is 0. The van der Waals surface area contributed by atoms with Crippen LogP contribution in [0.2, 0.25) is 0 Å². The van der Waals surface area contributed by atoms with Gasteiger partial charge in [-0.3, -0.25) is 4.79 Å². The van der Waals surface area contributed by atoms with Crippen LogP contribution in [0.15, 0.2) is 11.4 Å². The summed E-state index contributed by atoms with van der Waals surface area (Å²) in [6, 6.07) is 0. The van der Waals surface area contributed by atoms with E-state index in [1.807, 2.05) is 6.92 Å². The third kappa shape index (κ3) is 2.83. The summed E-state index contributed by atoms with van der Waals surface area (Å²) in [5.74, 6) is -1.54. The first-order valence-corrected chi connectivity index (χ1v) is 6.03. The third-order valence-electron chi connectivity index (χ3n) is 2.31. The van der Waals surface area contributed by atoms with E-state index >= 15 is 0 Å². The maximum absolute atomic E-state index is 11.7. The first-order valence-electron chi connectivity index (χ1n) is 5.21. The highest BCUT2D eigenvalue weighted by molar-refractivity contribution is 7.11. The Labute approximate surface area is 106 Å². The van der Waals surface area contributed by atoms with Crippen LogP contribution >= 0.6 is 11.3 Å². The molecule has 0 saturated carbocycles. The van der Waals surface area contributed by atoms with Crippen LogP contribution in [0.25, 0.3) is 0 Å². The van der Waals surface area contributed by atoms with Gasteiger partial charge in [0.05, 0.1) is 11.6 Å². The number of nitrogens with one attached hydrogen (secondary N) is 1.